The molecular formula is C18H14F4N6O2. The molecule has 156 valence electrons. The Morgan fingerprint density at radius 3 is 2.73 bits per heavy atom. The molecule has 0 unspecified atom stereocenters. The van der Waals surface area contributed by atoms with E-state index in [-0.39, 0.29) is 29.5 Å². The number of rotatable bonds is 3. The number of carbonyl (C=O) groups is 2. The fourth-order valence-corrected chi connectivity index (χ4v) is 2.97. The summed E-state index contributed by atoms with van der Waals surface area (Å²) in [6.07, 6.45) is -2.46. The first-order chi connectivity index (χ1) is 14.2. The van der Waals surface area contributed by atoms with Crippen molar-refractivity contribution < 1.29 is 27.2 Å². The Morgan fingerprint density at radius 1 is 1.33 bits per heavy atom. The van der Waals surface area contributed by atoms with Crippen molar-refractivity contribution in [1.29, 1.82) is 0 Å². The van der Waals surface area contributed by atoms with E-state index in [0.717, 1.165) is 6.07 Å². The first-order valence-electron chi connectivity index (χ1n) is 8.85. The second-order valence-corrected chi connectivity index (χ2v) is 6.88. The van der Waals surface area contributed by atoms with Gasteiger partial charge in [-0.3, -0.25) is 4.79 Å². The second kappa shape index (κ2) is 7.01. The molecule has 1 aliphatic carbocycles. The molecule has 0 bridgehead atoms. The zero-order valence-electron chi connectivity index (χ0n) is 15.2. The normalized spacial score (nSPS) is 20.3. The number of amides is 3. The van der Waals surface area contributed by atoms with Gasteiger partial charge in [0.15, 0.2) is 0 Å². The molecule has 1 aromatic heterocycles. The quantitative estimate of drug-likeness (QED) is 0.449. The van der Waals surface area contributed by atoms with Gasteiger partial charge in [0.2, 0.25) is 11.4 Å². The summed E-state index contributed by atoms with van der Waals surface area (Å²) in [7, 11) is 0. The highest BCUT2D eigenvalue weighted by molar-refractivity contribution is 5.95. The van der Waals surface area contributed by atoms with E-state index in [1.165, 1.54) is 6.33 Å². The molecule has 2 aromatic rings. The number of nitrogens with zero attached hydrogens (tertiary/aromatic N) is 2. The van der Waals surface area contributed by atoms with E-state index < -0.39 is 35.0 Å². The van der Waals surface area contributed by atoms with E-state index >= 15 is 0 Å². The van der Waals surface area contributed by atoms with Crippen molar-refractivity contribution in [3.63, 3.8) is 0 Å². The highest BCUT2D eigenvalue weighted by Crippen LogP contribution is 2.45. The minimum absolute atomic E-state index is 0.114. The highest BCUT2D eigenvalue weighted by atomic mass is 19.4. The smallest absolute Gasteiger partial charge is 0.345 e. The van der Waals surface area contributed by atoms with Crippen molar-refractivity contribution in [2.75, 3.05) is 5.32 Å². The van der Waals surface area contributed by atoms with Crippen LogP contribution in [0.25, 0.3) is 0 Å². The number of nitrogens with one attached hydrogen (secondary N) is 4. The Kier molecular flexibility index (Phi) is 4.60. The number of halogens is 4. The van der Waals surface area contributed by atoms with Crippen LogP contribution in [-0.2, 0) is 12.1 Å². The molecule has 2 aliphatic rings. The predicted molar refractivity (Wildman–Crippen MR) is 94.3 cm³/mol. The van der Waals surface area contributed by atoms with Crippen LogP contribution in [0.1, 0.15) is 34.6 Å². The van der Waals surface area contributed by atoms with Crippen LogP contribution in [0.2, 0.25) is 0 Å². The molecule has 0 saturated heterocycles. The van der Waals surface area contributed by atoms with Crippen LogP contribution < -0.4 is 16.0 Å². The van der Waals surface area contributed by atoms with Crippen LogP contribution in [0.3, 0.4) is 0 Å². The van der Waals surface area contributed by atoms with Crippen LogP contribution >= 0.6 is 0 Å². The minimum Gasteiger partial charge on any atom is -0.345 e. The zero-order chi connectivity index (χ0) is 21.5. The number of anilines is 1. The maximum Gasteiger partial charge on any atom is 0.427 e. The lowest BCUT2D eigenvalue weighted by Gasteiger charge is -2.37. The van der Waals surface area contributed by atoms with Crippen LogP contribution in [0.15, 0.2) is 18.5 Å². The van der Waals surface area contributed by atoms with Crippen LogP contribution in [0, 0.1) is 23.6 Å². The fourth-order valence-electron chi connectivity index (χ4n) is 2.97. The number of hydrogen-bond acceptors (Lipinski definition) is 4. The first kappa shape index (κ1) is 19.7. The van der Waals surface area contributed by atoms with E-state index in [0.29, 0.717) is 18.9 Å². The monoisotopic (exact) mass is 422 g/mol. The molecule has 4 rings (SSSR count). The third-order valence-electron chi connectivity index (χ3n) is 4.68. The van der Waals surface area contributed by atoms with Gasteiger partial charge in [0.05, 0.1) is 0 Å². The molecule has 2 heterocycles. The number of urea groups is 1. The summed E-state index contributed by atoms with van der Waals surface area (Å²) >= 11 is 0. The lowest BCUT2D eigenvalue weighted by molar-refractivity contribution is -0.178. The maximum absolute atomic E-state index is 14.7. The van der Waals surface area contributed by atoms with Gasteiger partial charge in [-0.25, -0.2) is 9.18 Å². The molecular weight excluding hydrogens is 408 g/mol. The topological polar surface area (TPSA) is 112 Å². The summed E-state index contributed by atoms with van der Waals surface area (Å²) in [6.45, 7) is -0.352. The average Bonchev–Trinajstić information content (AvgIpc) is 3.34. The van der Waals surface area contributed by atoms with Crippen molar-refractivity contribution in [3.05, 3.63) is 41.2 Å². The van der Waals surface area contributed by atoms with Crippen LogP contribution in [-0.4, -0.2) is 33.3 Å². The van der Waals surface area contributed by atoms with E-state index in [2.05, 4.69) is 37.7 Å². The molecule has 12 heteroatoms. The number of carbonyl (C=O) groups excluding carboxylic acids is 2. The molecule has 0 radical (unpaired) electrons. The Balaban J connectivity index is 1.70. The zero-order valence-corrected chi connectivity index (χ0v) is 15.2. The SMILES string of the molecule is O=C1Nc2cc(CNC(=O)c3nnc[nH]3)c(F)cc2[C@@](C#CC2CC2)(C(F)(F)F)N1. The molecule has 1 saturated carbocycles. The fraction of sp³-hybridized carbons (Fsp3) is 0.333. The number of aromatic nitrogens is 3. The van der Waals surface area contributed by atoms with E-state index in [1.807, 2.05) is 5.32 Å². The van der Waals surface area contributed by atoms with Crippen LogP contribution in [0.4, 0.5) is 28.0 Å². The molecule has 30 heavy (non-hydrogen) atoms. The summed E-state index contributed by atoms with van der Waals surface area (Å²) in [5.41, 5.74) is -3.96. The highest BCUT2D eigenvalue weighted by Gasteiger charge is 2.59. The lowest BCUT2D eigenvalue weighted by Crippen LogP contribution is -2.59. The molecule has 0 spiro atoms. The molecule has 3 amide bonds. The van der Waals surface area contributed by atoms with Crippen molar-refractivity contribution in [1.82, 2.24) is 25.8 Å². The second-order valence-electron chi connectivity index (χ2n) is 6.88. The summed E-state index contributed by atoms with van der Waals surface area (Å²) in [5.74, 6) is 2.69. The Labute approximate surface area is 166 Å². The van der Waals surface area contributed by atoms with Gasteiger partial charge >= 0.3 is 12.2 Å². The van der Waals surface area contributed by atoms with Gasteiger partial charge in [0, 0.05) is 29.3 Å². The summed E-state index contributed by atoms with van der Waals surface area (Å²) in [4.78, 5) is 26.4. The Morgan fingerprint density at radius 2 is 2.10 bits per heavy atom. The minimum atomic E-state index is -4.99. The number of benzene rings is 1. The molecule has 8 nitrogen and oxygen atoms in total. The standard InChI is InChI=1S/C18H14F4N6O2/c19-12-6-11-13(5-10(12)7-23-15(29)14-24-8-25-28-14)26-16(30)27-17(11,18(20,21)22)4-3-9-1-2-9/h5-6,8-9H,1-2,7H2,(H,23,29)(H,24,25,28)(H2,26,27,30)/t17-/m0/s1. The van der Waals surface area contributed by atoms with Gasteiger partial charge in [-0.2, -0.15) is 13.2 Å². The lowest BCUT2D eigenvalue weighted by atomic mass is 9.85. The number of fused-ring (bicyclic) bond motifs is 1. The summed E-state index contributed by atoms with van der Waals surface area (Å²) in [6, 6.07) is 0.601. The van der Waals surface area contributed by atoms with Gasteiger partial charge in [-0.05, 0) is 25.0 Å². The van der Waals surface area contributed by atoms with Crippen LogP contribution in [0.5, 0.6) is 0 Å². The molecule has 1 atom stereocenters. The molecule has 1 aromatic carbocycles. The Bertz CT molecular complexity index is 1070. The van der Waals surface area contributed by atoms with Gasteiger partial charge in [0.1, 0.15) is 12.1 Å². The molecule has 1 fully saturated rings. The first-order valence-corrected chi connectivity index (χ1v) is 8.85. The van der Waals surface area contributed by atoms with Crippen molar-refractivity contribution in [3.8, 4) is 11.8 Å². The molecule has 1 aliphatic heterocycles. The van der Waals surface area contributed by atoms with Gasteiger partial charge in [0.25, 0.3) is 5.91 Å². The van der Waals surface area contributed by atoms with E-state index in [4.69, 9.17) is 0 Å². The number of H-pyrrole nitrogens is 1. The average molecular weight is 422 g/mol. The van der Waals surface area contributed by atoms with E-state index in [9.17, 15) is 27.2 Å². The third kappa shape index (κ3) is 3.54. The molecule has 4 N–H and O–H groups in total. The summed E-state index contributed by atoms with van der Waals surface area (Å²) in [5, 5.41) is 13.4. The predicted octanol–water partition coefficient (Wildman–Crippen LogP) is 2.18. The largest absolute Gasteiger partial charge is 0.427 e. The third-order valence-corrected chi connectivity index (χ3v) is 4.68. The van der Waals surface area contributed by atoms with Gasteiger partial charge in [-0.15, -0.1) is 10.2 Å². The van der Waals surface area contributed by atoms with Gasteiger partial charge < -0.3 is 20.9 Å². The van der Waals surface area contributed by atoms with Crippen molar-refractivity contribution >= 4 is 17.6 Å². The maximum atomic E-state index is 14.7. The van der Waals surface area contributed by atoms with Gasteiger partial charge in [-0.1, -0.05) is 11.8 Å². The van der Waals surface area contributed by atoms with Crippen molar-refractivity contribution in [2.45, 2.75) is 31.1 Å². The van der Waals surface area contributed by atoms with E-state index in [1.54, 1.807) is 0 Å². The Hall–Kier alpha value is -3.62. The number of alkyl halides is 3. The number of aromatic amines is 1. The number of hydrogen-bond donors (Lipinski definition) is 4. The van der Waals surface area contributed by atoms with Crippen molar-refractivity contribution in [2.24, 2.45) is 5.92 Å². The summed E-state index contributed by atoms with van der Waals surface area (Å²) < 4.78 is 56.7.